The molecule has 0 bridgehead atoms. The fraction of sp³-hybridized carbons (Fsp3) is 0.643. The molecule has 0 aliphatic heterocycles. The van der Waals surface area contributed by atoms with Crippen molar-refractivity contribution in [1.82, 2.24) is 15.3 Å². The van der Waals surface area contributed by atoms with Crippen molar-refractivity contribution in [2.75, 3.05) is 25.6 Å². The summed E-state index contributed by atoms with van der Waals surface area (Å²) in [5, 5.41) is 5.32. The summed E-state index contributed by atoms with van der Waals surface area (Å²) in [4.78, 5) is 19.3. The molecule has 1 heterocycles. The Morgan fingerprint density at radius 2 is 2.09 bits per heavy atom. The van der Waals surface area contributed by atoms with Crippen molar-refractivity contribution in [3.05, 3.63) is 18.0 Å². The van der Waals surface area contributed by atoms with E-state index in [4.69, 9.17) is 4.74 Å². The monoisotopic (exact) mass is 334 g/mol. The summed E-state index contributed by atoms with van der Waals surface area (Å²) in [5.41, 5.74) is -1.06. The van der Waals surface area contributed by atoms with E-state index in [9.17, 15) is 18.0 Å². The molecular weight excluding hydrogens is 313 g/mol. The molecule has 0 aliphatic rings. The number of anilines is 1. The molecule has 0 saturated heterocycles. The summed E-state index contributed by atoms with van der Waals surface area (Å²) in [5.74, 6) is -0.407. The van der Waals surface area contributed by atoms with Gasteiger partial charge in [0.05, 0.1) is 6.61 Å². The Hall–Kier alpha value is -1.90. The van der Waals surface area contributed by atoms with Crippen LogP contribution in [0.4, 0.5) is 19.1 Å². The van der Waals surface area contributed by atoms with E-state index in [0.717, 1.165) is 12.3 Å². The summed E-state index contributed by atoms with van der Waals surface area (Å²) in [6.45, 7) is 4.48. The maximum absolute atomic E-state index is 12.7. The molecule has 1 rings (SSSR count). The molecule has 0 unspecified atom stereocenters. The lowest BCUT2D eigenvalue weighted by Crippen LogP contribution is -2.42. The number of carbonyl (C=O) groups is 1. The number of nitrogens with zero attached hydrogens (tertiary/aromatic N) is 2. The summed E-state index contributed by atoms with van der Waals surface area (Å²) in [6, 6.07) is 0.0525. The van der Waals surface area contributed by atoms with Crippen LogP contribution < -0.4 is 10.6 Å². The predicted molar refractivity (Wildman–Crippen MR) is 78.8 cm³/mol. The first-order valence-electron chi connectivity index (χ1n) is 7.17. The average Bonchev–Trinajstić information content (AvgIpc) is 2.45. The molecule has 1 aromatic heterocycles. The second kappa shape index (κ2) is 8.66. The number of hydrogen-bond acceptors (Lipinski definition) is 5. The Morgan fingerprint density at radius 1 is 1.39 bits per heavy atom. The molecule has 0 aromatic carbocycles. The summed E-state index contributed by atoms with van der Waals surface area (Å²) in [7, 11) is 1.51. The fourth-order valence-corrected chi connectivity index (χ4v) is 1.84. The molecule has 0 radical (unpaired) electrons. The number of alkyl halides is 3. The molecule has 1 aromatic rings. The number of halogens is 3. The molecule has 0 fully saturated rings. The highest BCUT2D eigenvalue weighted by Gasteiger charge is 2.33. The first-order valence-corrected chi connectivity index (χ1v) is 7.17. The minimum Gasteiger partial charge on any atom is -0.383 e. The van der Waals surface area contributed by atoms with Crippen molar-refractivity contribution < 1.29 is 22.7 Å². The van der Waals surface area contributed by atoms with Crippen molar-refractivity contribution >= 4 is 11.9 Å². The highest BCUT2D eigenvalue weighted by molar-refractivity contribution is 5.84. The van der Waals surface area contributed by atoms with Crippen molar-refractivity contribution in [3.63, 3.8) is 0 Å². The van der Waals surface area contributed by atoms with Gasteiger partial charge < -0.3 is 15.4 Å². The number of carbonyl (C=O) groups excluding carboxylic acids is 1. The zero-order valence-corrected chi connectivity index (χ0v) is 13.3. The van der Waals surface area contributed by atoms with Crippen LogP contribution in [0.3, 0.4) is 0 Å². The first-order chi connectivity index (χ1) is 10.7. The van der Waals surface area contributed by atoms with E-state index in [2.05, 4.69) is 20.6 Å². The third-order valence-electron chi connectivity index (χ3n) is 2.88. The highest BCUT2D eigenvalue weighted by Crippen LogP contribution is 2.27. The molecule has 2 N–H and O–H groups in total. The fourth-order valence-electron chi connectivity index (χ4n) is 1.84. The van der Waals surface area contributed by atoms with Crippen LogP contribution in [0.15, 0.2) is 12.3 Å². The van der Waals surface area contributed by atoms with E-state index in [1.54, 1.807) is 0 Å². The van der Waals surface area contributed by atoms with Crippen LogP contribution in [0, 0.1) is 5.92 Å². The van der Waals surface area contributed by atoms with E-state index in [1.807, 2.05) is 13.8 Å². The second-order valence-corrected chi connectivity index (χ2v) is 5.37. The number of nitrogens with one attached hydrogen (secondary N) is 2. The van der Waals surface area contributed by atoms with Crippen LogP contribution in [0.1, 0.15) is 26.0 Å². The largest absolute Gasteiger partial charge is 0.433 e. The van der Waals surface area contributed by atoms with Gasteiger partial charge >= 0.3 is 6.18 Å². The molecule has 23 heavy (non-hydrogen) atoms. The zero-order valence-electron chi connectivity index (χ0n) is 13.3. The van der Waals surface area contributed by atoms with Gasteiger partial charge in [-0.2, -0.15) is 13.2 Å². The summed E-state index contributed by atoms with van der Waals surface area (Å²) < 4.78 is 42.8. The van der Waals surface area contributed by atoms with Gasteiger partial charge in [0.25, 0.3) is 0 Å². The number of methoxy groups -OCH3 is 1. The zero-order chi connectivity index (χ0) is 17.5. The predicted octanol–water partition coefficient (Wildman–Crippen LogP) is 2.08. The molecule has 0 saturated carbocycles. The Labute approximate surface area is 132 Å². The van der Waals surface area contributed by atoms with Gasteiger partial charge in [0.2, 0.25) is 11.9 Å². The number of amides is 1. The molecule has 0 aliphatic carbocycles. The molecule has 1 atom stereocenters. The number of rotatable bonds is 8. The number of hydrogen-bond donors (Lipinski definition) is 2. The van der Waals surface area contributed by atoms with Gasteiger partial charge in [-0.15, -0.1) is 0 Å². The molecular formula is C14H21F3N4O2. The molecule has 0 spiro atoms. The standard InChI is InChI=1S/C14H21F3N4O2/c1-9(2)8-10(12(22)18-6-7-23-3)20-13-19-5-4-11(21-13)14(15,16)17/h4-5,9-10H,6-8H2,1-3H3,(H,18,22)(H,19,20,21)/t10-/m0/s1. The minimum absolute atomic E-state index is 0.159. The maximum Gasteiger partial charge on any atom is 0.433 e. The number of ether oxygens (including phenoxy) is 1. The van der Waals surface area contributed by atoms with E-state index < -0.39 is 17.9 Å². The molecule has 6 nitrogen and oxygen atoms in total. The van der Waals surface area contributed by atoms with E-state index in [1.165, 1.54) is 7.11 Å². The van der Waals surface area contributed by atoms with Crippen LogP contribution >= 0.6 is 0 Å². The number of aromatic nitrogens is 2. The molecule has 130 valence electrons. The lowest BCUT2D eigenvalue weighted by Gasteiger charge is -2.20. The van der Waals surface area contributed by atoms with Crippen molar-refractivity contribution in [3.8, 4) is 0 Å². The van der Waals surface area contributed by atoms with Crippen LogP contribution in [0.25, 0.3) is 0 Å². The average molecular weight is 334 g/mol. The quantitative estimate of drug-likeness (QED) is 0.712. The Balaban J connectivity index is 2.82. The van der Waals surface area contributed by atoms with Gasteiger partial charge in [0, 0.05) is 19.9 Å². The van der Waals surface area contributed by atoms with Crippen molar-refractivity contribution in [1.29, 1.82) is 0 Å². The van der Waals surface area contributed by atoms with E-state index >= 15 is 0 Å². The molecule has 1 amide bonds. The Morgan fingerprint density at radius 3 is 2.65 bits per heavy atom. The topological polar surface area (TPSA) is 76.1 Å². The smallest absolute Gasteiger partial charge is 0.383 e. The lowest BCUT2D eigenvalue weighted by atomic mass is 10.0. The van der Waals surface area contributed by atoms with Gasteiger partial charge in [0.1, 0.15) is 11.7 Å². The van der Waals surface area contributed by atoms with Crippen LogP contribution in [-0.2, 0) is 15.7 Å². The lowest BCUT2D eigenvalue weighted by molar-refractivity contribution is -0.141. The molecule has 9 heteroatoms. The van der Waals surface area contributed by atoms with Gasteiger partial charge in [-0.05, 0) is 18.4 Å². The Bertz CT molecular complexity index is 509. The van der Waals surface area contributed by atoms with Crippen LogP contribution in [0.5, 0.6) is 0 Å². The maximum atomic E-state index is 12.7. The van der Waals surface area contributed by atoms with Crippen LogP contribution in [-0.4, -0.2) is 42.2 Å². The third kappa shape index (κ3) is 6.81. The SMILES string of the molecule is COCCNC(=O)[C@H](CC(C)C)Nc1nccc(C(F)(F)F)n1. The van der Waals surface area contributed by atoms with Gasteiger partial charge in [-0.1, -0.05) is 13.8 Å². The normalized spacial score (nSPS) is 13.0. The highest BCUT2D eigenvalue weighted by atomic mass is 19.4. The van der Waals surface area contributed by atoms with Crippen molar-refractivity contribution in [2.45, 2.75) is 32.5 Å². The summed E-state index contributed by atoms with van der Waals surface area (Å²) >= 11 is 0. The van der Waals surface area contributed by atoms with Crippen molar-refractivity contribution in [2.24, 2.45) is 5.92 Å². The van der Waals surface area contributed by atoms with Gasteiger partial charge in [-0.3, -0.25) is 4.79 Å². The van der Waals surface area contributed by atoms with Gasteiger partial charge in [0.15, 0.2) is 0 Å². The Kier molecular flexibility index (Phi) is 7.21. The second-order valence-electron chi connectivity index (χ2n) is 5.37. The van der Waals surface area contributed by atoms with E-state index in [0.29, 0.717) is 19.6 Å². The van der Waals surface area contributed by atoms with Crippen LogP contribution in [0.2, 0.25) is 0 Å². The minimum atomic E-state index is -4.56. The van der Waals surface area contributed by atoms with Gasteiger partial charge in [-0.25, -0.2) is 9.97 Å². The third-order valence-corrected chi connectivity index (χ3v) is 2.88. The van der Waals surface area contributed by atoms with E-state index in [-0.39, 0.29) is 17.8 Å². The summed E-state index contributed by atoms with van der Waals surface area (Å²) in [6.07, 6.45) is -3.13. The first kappa shape index (κ1) is 19.1.